The van der Waals surface area contributed by atoms with Gasteiger partial charge in [-0.1, -0.05) is 11.6 Å². The highest BCUT2D eigenvalue weighted by Gasteiger charge is 2.22. The third-order valence-corrected chi connectivity index (χ3v) is 2.59. The number of aryl methyl sites for hydroxylation is 1. The molecule has 1 aromatic rings. The van der Waals surface area contributed by atoms with Crippen LogP contribution in [0, 0.1) is 17.0 Å². The standard InChI is InChI=1S/C9H11ClN2O4/c1-5-6(3-4-16-2)7(10)8(12(14)15)9(13)11-5/h3-4H2,1-2H3,(H,11,13). The van der Waals surface area contributed by atoms with Gasteiger partial charge in [0.25, 0.3) is 0 Å². The number of pyridine rings is 1. The van der Waals surface area contributed by atoms with Gasteiger partial charge in [0.1, 0.15) is 5.02 Å². The molecule has 1 heterocycles. The molecule has 16 heavy (non-hydrogen) atoms. The van der Waals surface area contributed by atoms with Crippen molar-refractivity contribution in [2.75, 3.05) is 13.7 Å². The topological polar surface area (TPSA) is 85.2 Å². The monoisotopic (exact) mass is 246 g/mol. The van der Waals surface area contributed by atoms with E-state index in [4.69, 9.17) is 16.3 Å². The number of methoxy groups -OCH3 is 1. The third-order valence-electron chi connectivity index (χ3n) is 2.18. The second-order valence-electron chi connectivity index (χ2n) is 3.22. The van der Waals surface area contributed by atoms with Crippen LogP contribution >= 0.6 is 11.6 Å². The minimum atomic E-state index is -0.784. The molecule has 1 rings (SSSR count). The van der Waals surface area contributed by atoms with E-state index in [0.29, 0.717) is 24.3 Å². The van der Waals surface area contributed by atoms with Crippen LogP contribution < -0.4 is 5.56 Å². The maximum absolute atomic E-state index is 11.3. The van der Waals surface area contributed by atoms with Crippen LogP contribution in [0.15, 0.2) is 4.79 Å². The molecule has 0 aromatic carbocycles. The predicted molar refractivity (Wildman–Crippen MR) is 59.0 cm³/mol. The average molecular weight is 247 g/mol. The van der Waals surface area contributed by atoms with Gasteiger partial charge in [-0.3, -0.25) is 14.9 Å². The highest BCUT2D eigenvalue weighted by Crippen LogP contribution is 2.26. The number of halogens is 1. The van der Waals surface area contributed by atoms with E-state index in [1.165, 1.54) is 7.11 Å². The first kappa shape index (κ1) is 12.7. The van der Waals surface area contributed by atoms with Crippen molar-refractivity contribution in [1.82, 2.24) is 4.98 Å². The maximum Gasteiger partial charge on any atom is 0.352 e. The van der Waals surface area contributed by atoms with Gasteiger partial charge in [-0.25, -0.2) is 0 Å². The third kappa shape index (κ3) is 2.40. The van der Waals surface area contributed by atoms with Crippen LogP contribution in [-0.2, 0) is 11.2 Å². The summed E-state index contributed by atoms with van der Waals surface area (Å²) in [6.45, 7) is 2.02. The van der Waals surface area contributed by atoms with Gasteiger partial charge < -0.3 is 9.72 Å². The first-order valence-corrected chi connectivity index (χ1v) is 4.91. The highest BCUT2D eigenvalue weighted by molar-refractivity contribution is 6.33. The molecular weight excluding hydrogens is 236 g/mol. The summed E-state index contributed by atoms with van der Waals surface area (Å²) in [6.07, 6.45) is 0.415. The summed E-state index contributed by atoms with van der Waals surface area (Å²) in [4.78, 5) is 23.6. The first-order chi connectivity index (χ1) is 7.49. The summed E-state index contributed by atoms with van der Waals surface area (Å²) in [5, 5.41) is 10.5. The zero-order valence-electron chi connectivity index (χ0n) is 8.87. The molecule has 0 aliphatic rings. The fourth-order valence-corrected chi connectivity index (χ4v) is 1.77. The summed E-state index contributed by atoms with van der Waals surface area (Å²) < 4.78 is 4.87. The number of aromatic nitrogens is 1. The summed E-state index contributed by atoms with van der Waals surface area (Å²) in [5.41, 5.74) is -0.334. The quantitative estimate of drug-likeness (QED) is 0.643. The van der Waals surface area contributed by atoms with Gasteiger partial charge in [-0.2, -0.15) is 0 Å². The minimum absolute atomic E-state index is 0.108. The van der Waals surface area contributed by atoms with Crippen LogP contribution in [0.4, 0.5) is 5.69 Å². The van der Waals surface area contributed by atoms with Crippen molar-refractivity contribution in [2.24, 2.45) is 0 Å². The molecule has 7 heteroatoms. The molecule has 6 nitrogen and oxygen atoms in total. The molecule has 0 aliphatic heterocycles. The zero-order chi connectivity index (χ0) is 12.3. The molecule has 0 saturated heterocycles. The number of rotatable bonds is 4. The van der Waals surface area contributed by atoms with E-state index in [2.05, 4.69) is 4.98 Å². The number of nitrogens with zero attached hydrogens (tertiary/aromatic N) is 1. The van der Waals surface area contributed by atoms with E-state index in [1.54, 1.807) is 6.92 Å². The summed E-state index contributed by atoms with van der Waals surface area (Å²) in [7, 11) is 1.52. The van der Waals surface area contributed by atoms with Crippen molar-refractivity contribution in [1.29, 1.82) is 0 Å². The lowest BCUT2D eigenvalue weighted by atomic mass is 10.1. The number of ether oxygens (including phenoxy) is 1. The van der Waals surface area contributed by atoms with Gasteiger partial charge >= 0.3 is 11.2 Å². The lowest BCUT2D eigenvalue weighted by Crippen LogP contribution is -2.16. The van der Waals surface area contributed by atoms with E-state index in [0.717, 1.165) is 0 Å². The van der Waals surface area contributed by atoms with Crippen LogP contribution in [0.25, 0.3) is 0 Å². The smallest absolute Gasteiger partial charge is 0.352 e. The van der Waals surface area contributed by atoms with Crippen LogP contribution in [0.1, 0.15) is 11.3 Å². The summed E-state index contributed by atoms with van der Waals surface area (Å²) in [5.74, 6) is 0. The van der Waals surface area contributed by atoms with Gasteiger partial charge in [-0.05, 0) is 18.9 Å². The van der Waals surface area contributed by atoms with Crippen molar-refractivity contribution in [3.8, 4) is 0 Å². The fraction of sp³-hybridized carbons (Fsp3) is 0.444. The molecule has 0 atom stereocenters. The zero-order valence-corrected chi connectivity index (χ0v) is 9.63. The number of aromatic amines is 1. The molecule has 0 aliphatic carbocycles. The van der Waals surface area contributed by atoms with Gasteiger partial charge in [0.05, 0.1) is 11.5 Å². The predicted octanol–water partition coefficient (Wildman–Crippen LogP) is 1.43. The van der Waals surface area contributed by atoms with E-state index in [1.807, 2.05) is 0 Å². The molecule has 88 valence electrons. The Morgan fingerprint density at radius 2 is 2.19 bits per heavy atom. The number of hydrogen-bond acceptors (Lipinski definition) is 4. The molecule has 1 N–H and O–H groups in total. The van der Waals surface area contributed by atoms with Gasteiger partial charge in [-0.15, -0.1) is 0 Å². The first-order valence-electron chi connectivity index (χ1n) is 4.53. The van der Waals surface area contributed by atoms with E-state index in [9.17, 15) is 14.9 Å². The molecule has 0 saturated carbocycles. The minimum Gasteiger partial charge on any atom is -0.384 e. The van der Waals surface area contributed by atoms with Gasteiger partial charge in [0, 0.05) is 12.8 Å². The van der Waals surface area contributed by atoms with Crippen molar-refractivity contribution in [2.45, 2.75) is 13.3 Å². The van der Waals surface area contributed by atoms with Crippen LogP contribution in [0.5, 0.6) is 0 Å². The van der Waals surface area contributed by atoms with E-state index >= 15 is 0 Å². The Kier molecular flexibility index (Phi) is 4.03. The molecule has 0 fully saturated rings. The van der Waals surface area contributed by atoms with Crippen LogP contribution in [-0.4, -0.2) is 23.6 Å². The number of H-pyrrole nitrogens is 1. The van der Waals surface area contributed by atoms with Crippen molar-refractivity contribution in [3.63, 3.8) is 0 Å². The summed E-state index contributed by atoms with van der Waals surface area (Å²) in [6, 6.07) is 0. The van der Waals surface area contributed by atoms with Gasteiger partial charge in [0.15, 0.2) is 0 Å². The average Bonchev–Trinajstić information content (AvgIpc) is 2.16. The van der Waals surface area contributed by atoms with Crippen molar-refractivity contribution in [3.05, 3.63) is 36.7 Å². The second-order valence-corrected chi connectivity index (χ2v) is 3.60. The second kappa shape index (κ2) is 5.09. The summed E-state index contributed by atoms with van der Waals surface area (Å²) >= 11 is 5.83. The van der Waals surface area contributed by atoms with Crippen LogP contribution in [0.2, 0.25) is 5.02 Å². The van der Waals surface area contributed by atoms with Crippen molar-refractivity contribution < 1.29 is 9.66 Å². The Balaban J connectivity index is 3.33. The lowest BCUT2D eigenvalue weighted by molar-refractivity contribution is -0.386. The molecule has 0 amide bonds. The molecule has 1 aromatic heterocycles. The maximum atomic E-state index is 11.3. The Hall–Kier alpha value is -1.40. The number of hydrogen-bond donors (Lipinski definition) is 1. The van der Waals surface area contributed by atoms with Gasteiger partial charge in [0.2, 0.25) is 0 Å². The van der Waals surface area contributed by atoms with Crippen LogP contribution in [0.3, 0.4) is 0 Å². The fourth-order valence-electron chi connectivity index (χ4n) is 1.38. The Labute approximate surface area is 96.3 Å². The lowest BCUT2D eigenvalue weighted by Gasteiger charge is -2.07. The van der Waals surface area contributed by atoms with E-state index < -0.39 is 16.2 Å². The number of nitrogens with one attached hydrogen (secondary N) is 1. The molecule has 0 radical (unpaired) electrons. The Bertz CT molecular complexity index is 469. The normalized spacial score (nSPS) is 10.4. The molecule has 0 bridgehead atoms. The molecule has 0 unspecified atom stereocenters. The van der Waals surface area contributed by atoms with E-state index in [-0.39, 0.29) is 5.02 Å². The molecule has 0 spiro atoms. The van der Waals surface area contributed by atoms with Crippen molar-refractivity contribution >= 4 is 17.3 Å². The SMILES string of the molecule is COCCc1c(C)[nH]c(=O)c([N+](=O)[O-])c1Cl. The molecular formula is C9H11ClN2O4. The highest BCUT2D eigenvalue weighted by atomic mass is 35.5. The Morgan fingerprint density at radius 3 is 2.69 bits per heavy atom. The Morgan fingerprint density at radius 1 is 1.56 bits per heavy atom. The number of nitro groups is 1. The largest absolute Gasteiger partial charge is 0.384 e.